The van der Waals surface area contributed by atoms with E-state index in [4.69, 9.17) is 5.26 Å². The molecular formula is C9H15NO. The molecule has 0 amide bonds. The van der Waals surface area contributed by atoms with Gasteiger partial charge in [-0.15, -0.1) is 0 Å². The second-order valence-corrected chi connectivity index (χ2v) is 3.52. The van der Waals surface area contributed by atoms with E-state index in [1.165, 1.54) is 0 Å². The molecule has 1 saturated carbocycles. The highest BCUT2D eigenvalue weighted by molar-refractivity contribution is 4.89. The van der Waals surface area contributed by atoms with Gasteiger partial charge in [0.15, 0.2) is 0 Å². The molecule has 0 radical (unpaired) electrons. The number of aliphatic hydroxyl groups excluding tert-OH is 1. The van der Waals surface area contributed by atoms with Crippen molar-refractivity contribution in [3.8, 4) is 6.07 Å². The van der Waals surface area contributed by atoms with Gasteiger partial charge < -0.3 is 5.11 Å². The Bertz CT molecular complexity index is 161. The SMILES string of the molecule is CC1CCC(O)CCC1C#N. The zero-order valence-corrected chi connectivity index (χ0v) is 6.95. The van der Waals surface area contributed by atoms with E-state index >= 15 is 0 Å². The molecule has 0 spiro atoms. The number of hydrogen-bond acceptors (Lipinski definition) is 2. The molecule has 0 saturated heterocycles. The summed E-state index contributed by atoms with van der Waals surface area (Å²) in [5.74, 6) is 0.643. The molecule has 0 heterocycles. The van der Waals surface area contributed by atoms with E-state index in [-0.39, 0.29) is 12.0 Å². The summed E-state index contributed by atoms with van der Waals surface area (Å²) in [6.45, 7) is 2.10. The van der Waals surface area contributed by atoms with Gasteiger partial charge in [0.1, 0.15) is 0 Å². The molecule has 3 unspecified atom stereocenters. The highest BCUT2D eigenvalue weighted by atomic mass is 16.3. The number of nitrogens with zero attached hydrogens (tertiary/aromatic N) is 1. The lowest BCUT2D eigenvalue weighted by molar-refractivity contribution is 0.156. The van der Waals surface area contributed by atoms with Gasteiger partial charge in [-0.1, -0.05) is 6.92 Å². The molecule has 0 aromatic rings. The molecule has 3 atom stereocenters. The van der Waals surface area contributed by atoms with Crippen molar-refractivity contribution < 1.29 is 5.11 Å². The lowest BCUT2D eigenvalue weighted by Gasteiger charge is -2.11. The van der Waals surface area contributed by atoms with E-state index in [0.29, 0.717) is 5.92 Å². The minimum Gasteiger partial charge on any atom is -0.393 e. The normalized spacial score (nSPS) is 39.2. The average molecular weight is 153 g/mol. The van der Waals surface area contributed by atoms with Crippen LogP contribution in [0.3, 0.4) is 0 Å². The third-order valence-corrected chi connectivity index (χ3v) is 2.62. The van der Waals surface area contributed by atoms with Crippen LogP contribution in [-0.2, 0) is 0 Å². The summed E-state index contributed by atoms with van der Waals surface area (Å²) >= 11 is 0. The lowest BCUT2D eigenvalue weighted by Crippen LogP contribution is -2.06. The Kier molecular flexibility index (Phi) is 2.90. The van der Waals surface area contributed by atoms with Gasteiger partial charge in [-0.2, -0.15) is 5.26 Å². The molecule has 1 aliphatic carbocycles. The van der Waals surface area contributed by atoms with Crippen LogP contribution in [-0.4, -0.2) is 11.2 Å². The van der Waals surface area contributed by atoms with E-state index in [9.17, 15) is 5.11 Å². The second kappa shape index (κ2) is 3.73. The summed E-state index contributed by atoms with van der Waals surface area (Å²) < 4.78 is 0. The fourth-order valence-corrected chi connectivity index (χ4v) is 1.65. The second-order valence-electron chi connectivity index (χ2n) is 3.52. The first-order valence-electron chi connectivity index (χ1n) is 4.31. The van der Waals surface area contributed by atoms with Crippen LogP contribution in [0.25, 0.3) is 0 Å². The minimum atomic E-state index is -0.157. The maximum Gasteiger partial charge on any atom is 0.0658 e. The van der Waals surface area contributed by atoms with Gasteiger partial charge >= 0.3 is 0 Å². The summed E-state index contributed by atoms with van der Waals surface area (Å²) in [4.78, 5) is 0. The Morgan fingerprint density at radius 3 is 2.55 bits per heavy atom. The molecule has 1 rings (SSSR count). The van der Waals surface area contributed by atoms with Crippen molar-refractivity contribution in [3.63, 3.8) is 0 Å². The molecular weight excluding hydrogens is 138 g/mol. The van der Waals surface area contributed by atoms with Crippen molar-refractivity contribution in [2.75, 3.05) is 0 Å². The summed E-state index contributed by atoms with van der Waals surface area (Å²) in [6, 6.07) is 2.30. The van der Waals surface area contributed by atoms with Crippen molar-refractivity contribution in [3.05, 3.63) is 0 Å². The van der Waals surface area contributed by atoms with E-state index in [2.05, 4.69) is 13.0 Å². The molecule has 1 N–H and O–H groups in total. The third kappa shape index (κ3) is 2.20. The van der Waals surface area contributed by atoms with E-state index in [1.54, 1.807) is 0 Å². The van der Waals surface area contributed by atoms with Crippen molar-refractivity contribution in [1.29, 1.82) is 5.26 Å². The summed E-state index contributed by atoms with van der Waals surface area (Å²) in [6.07, 6.45) is 3.40. The van der Waals surface area contributed by atoms with Crippen LogP contribution in [0.2, 0.25) is 0 Å². The Balaban J connectivity index is 2.50. The smallest absolute Gasteiger partial charge is 0.0658 e. The molecule has 0 aromatic carbocycles. The van der Waals surface area contributed by atoms with Crippen LogP contribution in [0.15, 0.2) is 0 Å². The molecule has 0 bridgehead atoms. The largest absolute Gasteiger partial charge is 0.393 e. The highest BCUT2D eigenvalue weighted by Crippen LogP contribution is 2.27. The van der Waals surface area contributed by atoms with E-state index < -0.39 is 0 Å². The van der Waals surface area contributed by atoms with Gasteiger partial charge in [0, 0.05) is 5.92 Å². The van der Waals surface area contributed by atoms with Crippen LogP contribution in [0.1, 0.15) is 32.6 Å². The van der Waals surface area contributed by atoms with Crippen molar-refractivity contribution >= 4 is 0 Å². The number of nitriles is 1. The van der Waals surface area contributed by atoms with Crippen molar-refractivity contribution in [2.45, 2.75) is 38.7 Å². The van der Waals surface area contributed by atoms with Crippen LogP contribution >= 0.6 is 0 Å². The minimum absolute atomic E-state index is 0.157. The summed E-state index contributed by atoms with van der Waals surface area (Å²) in [7, 11) is 0. The molecule has 1 aliphatic rings. The van der Waals surface area contributed by atoms with Crippen LogP contribution < -0.4 is 0 Å². The topological polar surface area (TPSA) is 44.0 Å². The van der Waals surface area contributed by atoms with E-state index in [0.717, 1.165) is 25.7 Å². The highest BCUT2D eigenvalue weighted by Gasteiger charge is 2.22. The fourth-order valence-electron chi connectivity index (χ4n) is 1.65. The zero-order valence-electron chi connectivity index (χ0n) is 6.95. The van der Waals surface area contributed by atoms with Crippen molar-refractivity contribution in [2.24, 2.45) is 11.8 Å². The van der Waals surface area contributed by atoms with E-state index in [1.807, 2.05) is 0 Å². The number of aliphatic hydroxyl groups is 1. The number of hydrogen-bond donors (Lipinski definition) is 1. The fraction of sp³-hybridized carbons (Fsp3) is 0.889. The maximum atomic E-state index is 9.31. The van der Waals surface area contributed by atoms with Gasteiger partial charge in [-0.05, 0) is 31.6 Å². The molecule has 0 aliphatic heterocycles. The van der Waals surface area contributed by atoms with Crippen LogP contribution in [0.5, 0.6) is 0 Å². The maximum absolute atomic E-state index is 9.31. The predicted molar refractivity (Wildman–Crippen MR) is 42.7 cm³/mol. The molecule has 11 heavy (non-hydrogen) atoms. The predicted octanol–water partition coefficient (Wildman–Crippen LogP) is 1.70. The summed E-state index contributed by atoms with van der Waals surface area (Å²) in [5, 5.41) is 18.1. The van der Waals surface area contributed by atoms with Crippen molar-refractivity contribution in [1.82, 2.24) is 0 Å². The van der Waals surface area contributed by atoms with Crippen LogP contribution in [0, 0.1) is 23.2 Å². The average Bonchev–Trinajstić information content (AvgIpc) is 2.15. The molecule has 62 valence electrons. The Hall–Kier alpha value is -0.550. The van der Waals surface area contributed by atoms with Gasteiger partial charge in [0.05, 0.1) is 12.2 Å². The van der Waals surface area contributed by atoms with Gasteiger partial charge in [0.25, 0.3) is 0 Å². The third-order valence-electron chi connectivity index (χ3n) is 2.62. The first-order valence-corrected chi connectivity index (χ1v) is 4.31. The monoisotopic (exact) mass is 153 g/mol. The molecule has 1 fully saturated rings. The Morgan fingerprint density at radius 1 is 1.27 bits per heavy atom. The summed E-state index contributed by atoms with van der Waals surface area (Å²) in [5.41, 5.74) is 0. The molecule has 2 nitrogen and oxygen atoms in total. The van der Waals surface area contributed by atoms with Gasteiger partial charge in [-0.25, -0.2) is 0 Å². The lowest BCUT2D eigenvalue weighted by atomic mass is 9.91. The molecule has 0 aromatic heterocycles. The Labute approximate surface area is 67.8 Å². The Morgan fingerprint density at radius 2 is 1.91 bits per heavy atom. The van der Waals surface area contributed by atoms with Gasteiger partial charge in [-0.3, -0.25) is 0 Å². The zero-order chi connectivity index (χ0) is 8.27. The molecule has 2 heteroatoms. The number of rotatable bonds is 0. The van der Waals surface area contributed by atoms with Crippen LogP contribution in [0.4, 0.5) is 0 Å². The quantitative estimate of drug-likeness (QED) is 0.538. The van der Waals surface area contributed by atoms with Gasteiger partial charge in [0.2, 0.25) is 0 Å². The first-order chi connectivity index (χ1) is 5.24. The first kappa shape index (κ1) is 8.55. The standard InChI is InChI=1S/C9H15NO/c1-7-2-4-9(11)5-3-8(7)6-10/h7-9,11H,2-5H2,1H3.